The zero-order valence-corrected chi connectivity index (χ0v) is 10.4. The molecule has 0 aliphatic carbocycles. The van der Waals surface area contributed by atoms with Crippen LogP contribution in [0.2, 0.25) is 5.02 Å². The fourth-order valence-corrected chi connectivity index (χ4v) is 1.62. The second-order valence-corrected chi connectivity index (χ2v) is 4.68. The van der Waals surface area contributed by atoms with Crippen LogP contribution in [-0.4, -0.2) is 13.1 Å². The van der Waals surface area contributed by atoms with Crippen molar-refractivity contribution in [3.8, 4) is 0 Å². The average Bonchev–Trinajstić information content (AvgIpc) is 2.21. The molecule has 1 aromatic carbocycles. The standard InChI is InChI=1S/C12H18ClFN2/c1-8(2)9(6-15)7-16-12-4-3-10(13)5-11(12)14/h3-5,8-9,16H,6-7,15H2,1-2H3. The minimum absolute atomic E-state index is 0.327. The van der Waals surface area contributed by atoms with E-state index in [9.17, 15) is 4.39 Å². The molecule has 0 saturated heterocycles. The number of benzene rings is 1. The summed E-state index contributed by atoms with van der Waals surface area (Å²) in [5.74, 6) is 0.495. The molecule has 1 unspecified atom stereocenters. The Morgan fingerprint density at radius 3 is 2.62 bits per heavy atom. The summed E-state index contributed by atoms with van der Waals surface area (Å²) in [5, 5.41) is 3.46. The third-order valence-corrected chi connectivity index (χ3v) is 2.97. The molecule has 0 saturated carbocycles. The quantitative estimate of drug-likeness (QED) is 0.835. The highest BCUT2D eigenvalue weighted by atomic mass is 35.5. The van der Waals surface area contributed by atoms with Crippen LogP contribution in [0.4, 0.5) is 10.1 Å². The van der Waals surface area contributed by atoms with Crippen LogP contribution >= 0.6 is 11.6 Å². The summed E-state index contributed by atoms with van der Waals surface area (Å²) in [5.41, 5.74) is 6.12. The van der Waals surface area contributed by atoms with Crippen molar-refractivity contribution in [1.82, 2.24) is 0 Å². The first-order valence-corrected chi connectivity index (χ1v) is 5.81. The van der Waals surface area contributed by atoms with Crippen LogP contribution in [0, 0.1) is 17.7 Å². The Bertz CT molecular complexity index is 342. The lowest BCUT2D eigenvalue weighted by molar-refractivity contribution is 0.412. The Labute approximate surface area is 101 Å². The van der Waals surface area contributed by atoms with E-state index in [4.69, 9.17) is 17.3 Å². The van der Waals surface area contributed by atoms with E-state index in [2.05, 4.69) is 19.2 Å². The minimum atomic E-state index is -0.327. The van der Waals surface area contributed by atoms with E-state index in [-0.39, 0.29) is 5.82 Å². The lowest BCUT2D eigenvalue weighted by Crippen LogP contribution is -2.27. The van der Waals surface area contributed by atoms with Gasteiger partial charge in [0.1, 0.15) is 5.82 Å². The fraction of sp³-hybridized carbons (Fsp3) is 0.500. The van der Waals surface area contributed by atoms with E-state index >= 15 is 0 Å². The minimum Gasteiger partial charge on any atom is -0.382 e. The van der Waals surface area contributed by atoms with Crippen molar-refractivity contribution in [3.63, 3.8) is 0 Å². The van der Waals surface area contributed by atoms with Crippen molar-refractivity contribution in [2.75, 3.05) is 18.4 Å². The molecule has 0 radical (unpaired) electrons. The highest BCUT2D eigenvalue weighted by Gasteiger charge is 2.12. The molecule has 0 aromatic heterocycles. The van der Waals surface area contributed by atoms with Gasteiger partial charge in [-0.15, -0.1) is 0 Å². The van der Waals surface area contributed by atoms with Crippen LogP contribution in [0.25, 0.3) is 0 Å². The second-order valence-electron chi connectivity index (χ2n) is 4.24. The molecule has 0 aliphatic rings. The molecular formula is C12H18ClFN2. The Morgan fingerprint density at radius 2 is 2.12 bits per heavy atom. The SMILES string of the molecule is CC(C)C(CN)CNc1ccc(Cl)cc1F. The van der Waals surface area contributed by atoms with E-state index in [0.717, 1.165) is 0 Å². The predicted octanol–water partition coefficient (Wildman–Crippen LogP) is 3.12. The molecule has 0 heterocycles. The van der Waals surface area contributed by atoms with E-state index in [1.165, 1.54) is 6.07 Å². The number of nitrogens with one attached hydrogen (secondary N) is 1. The largest absolute Gasteiger partial charge is 0.382 e. The molecule has 0 aliphatic heterocycles. The number of anilines is 1. The van der Waals surface area contributed by atoms with Gasteiger partial charge in [-0.3, -0.25) is 0 Å². The first-order chi connectivity index (χ1) is 7.54. The van der Waals surface area contributed by atoms with E-state index in [0.29, 0.717) is 35.6 Å². The molecule has 1 aromatic rings. The molecule has 4 heteroatoms. The molecule has 2 nitrogen and oxygen atoms in total. The first-order valence-electron chi connectivity index (χ1n) is 5.43. The molecule has 1 atom stereocenters. The number of hydrogen-bond acceptors (Lipinski definition) is 2. The molecule has 90 valence electrons. The monoisotopic (exact) mass is 244 g/mol. The second kappa shape index (κ2) is 6.06. The van der Waals surface area contributed by atoms with Gasteiger partial charge in [-0.05, 0) is 36.6 Å². The molecule has 16 heavy (non-hydrogen) atoms. The maximum Gasteiger partial charge on any atom is 0.147 e. The van der Waals surface area contributed by atoms with Gasteiger partial charge in [0.15, 0.2) is 0 Å². The molecular weight excluding hydrogens is 227 g/mol. The lowest BCUT2D eigenvalue weighted by atomic mass is 9.96. The van der Waals surface area contributed by atoms with Crippen LogP contribution < -0.4 is 11.1 Å². The molecule has 0 amide bonds. The predicted molar refractivity (Wildman–Crippen MR) is 67.3 cm³/mol. The van der Waals surface area contributed by atoms with E-state index in [1.54, 1.807) is 12.1 Å². The summed E-state index contributed by atoms with van der Waals surface area (Å²) in [7, 11) is 0. The average molecular weight is 245 g/mol. The Kier molecular flexibility index (Phi) is 5.03. The van der Waals surface area contributed by atoms with Gasteiger partial charge in [-0.25, -0.2) is 4.39 Å². The number of rotatable bonds is 5. The summed E-state index contributed by atoms with van der Waals surface area (Å²) in [4.78, 5) is 0. The Morgan fingerprint density at radius 1 is 1.44 bits per heavy atom. The van der Waals surface area contributed by atoms with Crippen LogP contribution in [0.3, 0.4) is 0 Å². The zero-order valence-electron chi connectivity index (χ0n) is 9.63. The van der Waals surface area contributed by atoms with Crippen molar-refractivity contribution >= 4 is 17.3 Å². The van der Waals surface area contributed by atoms with Gasteiger partial charge >= 0.3 is 0 Å². The van der Waals surface area contributed by atoms with Gasteiger partial charge in [-0.1, -0.05) is 25.4 Å². The fourth-order valence-electron chi connectivity index (χ4n) is 1.47. The summed E-state index contributed by atoms with van der Waals surface area (Å²) < 4.78 is 13.4. The zero-order chi connectivity index (χ0) is 12.1. The van der Waals surface area contributed by atoms with Crippen molar-refractivity contribution in [2.45, 2.75) is 13.8 Å². The van der Waals surface area contributed by atoms with Gasteiger partial charge in [0.05, 0.1) is 5.69 Å². The van der Waals surface area contributed by atoms with Gasteiger partial charge in [0.2, 0.25) is 0 Å². The molecule has 1 rings (SSSR count). The van der Waals surface area contributed by atoms with E-state index < -0.39 is 0 Å². The third kappa shape index (κ3) is 3.65. The normalized spacial score (nSPS) is 12.9. The Balaban J connectivity index is 2.60. The lowest BCUT2D eigenvalue weighted by Gasteiger charge is -2.20. The van der Waals surface area contributed by atoms with Gasteiger partial charge in [0, 0.05) is 11.6 Å². The van der Waals surface area contributed by atoms with Gasteiger partial charge < -0.3 is 11.1 Å². The molecule has 0 bridgehead atoms. The van der Waals surface area contributed by atoms with Crippen molar-refractivity contribution in [1.29, 1.82) is 0 Å². The summed E-state index contributed by atoms with van der Waals surface area (Å²) in [6.07, 6.45) is 0. The van der Waals surface area contributed by atoms with Gasteiger partial charge in [0.25, 0.3) is 0 Å². The molecule has 0 spiro atoms. The highest BCUT2D eigenvalue weighted by Crippen LogP contribution is 2.20. The number of nitrogens with two attached hydrogens (primary N) is 1. The smallest absolute Gasteiger partial charge is 0.147 e. The van der Waals surface area contributed by atoms with Gasteiger partial charge in [-0.2, -0.15) is 0 Å². The first kappa shape index (κ1) is 13.3. The summed E-state index contributed by atoms with van der Waals surface area (Å²) >= 11 is 5.67. The summed E-state index contributed by atoms with van der Waals surface area (Å²) in [6, 6.07) is 4.61. The van der Waals surface area contributed by atoms with Crippen LogP contribution in [0.5, 0.6) is 0 Å². The van der Waals surface area contributed by atoms with Crippen molar-refractivity contribution < 1.29 is 4.39 Å². The summed E-state index contributed by atoms with van der Waals surface area (Å²) in [6.45, 7) is 5.49. The third-order valence-electron chi connectivity index (χ3n) is 2.73. The highest BCUT2D eigenvalue weighted by molar-refractivity contribution is 6.30. The number of halogens is 2. The Hall–Kier alpha value is -0.800. The van der Waals surface area contributed by atoms with Crippen LogP contribution in [0.15, 0.2) is 18.2 Å². The molecule has 3 N–H and O–H groups in total. The van der Waals surface area contributed by atoms with Crippen molar-refractivity contribution in [3.05, 3.63) is 29.0 Å². The maximum atomic E-state index is 13.4. The maximum absolute atomic E-state index is 13.4. The van der Waals surface area contributed by atoms with Crippen LogP contribution in [0.1, 0.15) is 13.8 Å². The molecule has 0 fully saturated rings. The number of hydrogen-bond donors (Lipinski definition) is 2. The van der Waals surface area contributed by atoms with Crippen molar-refractivity contribution in [2.24, 2.45) is 17.6 Å². The topological polar surface area (TPSA) is 38.0 Å². The van der Waals surface area contributed by atoms with Crippen LogP contribution in [-0.2, 0) is 0 Å². The van der Waals surface area contributed by atoms with E-state index in [1.807, 2.05) is 0 Å².